The molecule has 0 aliphatic heterocycles. The number of carboxylic acids is 1. The molecule has 0 amide bonds. The monoisotopic (exact) mass is 199 g/mol. The molecule has 0 aromatic heterocycles. The van der Waals surface area contributed by atoms with Crippen LogP contribution in [0, 0.1) is 11.3 Å². The Kier molecular flexibility index (Phi) is 2.91. The van der Waals surface area contributed by atoms with E-state index in [9.17, 15) is 4.79 Å². The molecule has 0 spiro atoms. The summed E-state index contributed by atoms with van der Waals surface area (Å²) in [6.45, 7) is 6.43. The molecular weight excluding hydrogens is 178 g/mol. The van der Waals surface area contributed by atoms with Gasteiger partial charge in [0.2, 0.25) is 0 Å². The molecule has 0 bridgehead atoms. The first-order valence-corrected chi connectivity index (χ1v) is 5.41. The van der Waals surface area contributed by atoms with Crippen LogP contribution >= 0.6 is 0 Å². The Hall–Kier alpha value is -0.570. The summed E-state index contributed by atoms with van der Waals surface area (Å²) in [6, 6.07) is 0. The van der Waals surface area contributed by atoms with E-state index in [0.29, 0.717) is 11.3 Å². The molecule has 2 unspecified atom stereocenters. The molecule has 1 aliphatic rings. The highest BCUT2D eigenvalue weighted by atomic mass is 16.4. The first kappa shape index (κ1) is 11.5. The summed E-state index contributed by atoms with van der Waals surface area (Å²) in [7, 11) is 0. The van der Waals surface area contributed by atoms with E-state index in [1.165, 1.54) is 0 Å². The molecule has 82 valence electrons. The zero-order valence-corrected chi connectivity index (χ0v) is 9.34. The Morgan fingerprint density at radius 2 is 2.00 bits per heavy atom. The SMILES string of the molecule is CCC1(CC)CC(N)(CC(=O)O)C1C. The van der Waals surface area contributed by atoms with Crippen molar-refractivity contribution >= 4 is 5.97 Å². The number of hydrogen-bond donors (Lipinski definition) is 2. The van der Waals surface area contributed by atoms with E-state index in [1.54, 1.807) is 0 Å². The van der Waals surface area contributed by atoms with Gasteiger partial charge in [-0.3, -0.25) is 4.79 Å². The van der Waals surface area contributed by atoms with E-state index in [0.717, 1.165) is 19.3 Å². The number of carboxylic acid groups (broad SMARTS) is 1. The van der Waals surface area contributed by atoms with Crippen molar-refractivity contribution in [2.45, 2.75) is 52.0 Å². The molecule has 1 rings (SSSR count). The molecule has 0 radical (unpaired) electrons. The van der Waals surface area contributed by atoms with Gasteiger partial charge >= 0.3 is 5.97 Å². The minimum atomic E-state index is -0.778. The van der Waals surface area contributed by atoms with Crippen molar-refractivity contribution in [3.05, 3.63) is 0 Å². The van der Waals surface area contributed by atoms with Crippen LogP contribution in [0.25, 0.3) is 0 Å². The van der Waals surface area contributed by atoms with E-state index < -0.39 is 11.5 Å². The molecule has 1 aliphatic carbocycles. The first-order valence-electron chi connectivity index (χ1n) is 5.41. The minimum Gasteiger partial charge on any atom is -0.481 e. The summed E-state index contributed by atoms with van der Waals surface area (Å²) in [5.74, 6) is -0.457. The molecule has 3 heteroatoms. The van der Waals surface area contributed by atoms with E-state index in [2.05, 4.69) is 20.8 Å². The number of carbonyl (C=O) groups is 1. The molecule has 0 saturated heterocycles. The van der Waals surface area contributed by atoms with Crippen molar-refractivity contribution in [2.24, 2.45) is 17.1 Å². The zero-order valence-electron chi connectivity index (χ0n) is 9.34. The Morgan fingerprint density at radius 3 is 2.29 bits per heavy atom. The van der Waals surface area contributed by atoms with Gasteiger partial charge in [0.15, 0.2) is 0 Å². The Balaban J connectivity index is 2.69. The second-order valence-corrected chi connectivity index (χ2v) is 4.77. The van der Waals surface area contributed by atoms with Gasteiger partial charge in [-0.05, 0) is 17.8 Å². The third-order valence-electron chi connectivity index (χ3n) is 4.35. The summed E-state index contributed by atoms with van der Waals surface area (Å²) >= 11 is 0. The van der Waals surface area contributed by atoms with Crippen LogP contribution in [0.1, 0.15) is 46.5 Å². The van der Waals surface area contributed by atoms with Crippen LogP contribution in [0.4, 0.5) is 0 Å². The van der Waals surface area contributed by atoms with Gasteiger partial charge in [-0.15, -0.1) is 0 Å². The predicted octanol–water partition coefficient (Wildman–Crippen LogP) is 2.00. The third kappa shape index (κ3) is 1.54. The highest BCUT2D eigenvalue weighted by Gasteiger charge is 2.57. The maximum Gasteiger partial charge on any atom is 0.305 e. The summed E-state index contributed by atoms with van der Waals surface area (Å²) in [6.07, 6.45) is 3.17. The van der Waals surface area contributed by atoms with Crippen LogP contribution in [0.3, 0.4) is 0 Å². The first-order chi connectivity index (χ1) is 6.40. The fraction of sp³-hybridized carbons (Fsp3) is 0.909. The Bertz CT molecular complexity index is 235. The molecular formula is C11H21NO2. The molecule has 0 aromatic carbocycles. The van der Waals surface area contributed by atoms with E-state index in [-0.39, 0.29) is 6.42 Å². The van der Waals surface area contributed by atoms with Crippen LogP contribution in [0.5, 0.6) is 0 Å². The van der Waals surface area contributed by atoms with Gasteiger partial charge < -0.3 is 10.8 Å². The van der Waals surface area contributed by atoms with Gasteiger partial charge in [-0.2, -0.15) is 0 Å². The van der Waals surface area contributed by atoms with E-state index >= 15 is 0 Å². The second kappa shape index (κ2) is 3.54. The number of aliphatic carboxylic acids is 1. The number of rotatable bonds is 4. The van der Waals surface area contributed by atoms with Gasteiger partial charge in [0.1, 0.15) is 0 Å². The lowest BCUT2D eigenvalue weighted by atomic mass is 9.47. The summed E-state index contributed by atoms with van der Waals surface area (Å²) in [5, 5.41) is 8.77. The highest BCUT2D eigenvalue weighted by Crippen LogP contribution is 2.57. The van der Waals surface area contributed by atoms with Crippen molar-refractivity contribution < 1.29 is 9.90 Å². The summed E-state index contributed by atoms with van der Waals surface area (Å²) in [5.41, 5.74) is 5.93. The van der Waals surface area contributed by atoms with Crippen LogP contribution in [0.15, 0.2) is 0 Å². The van der Waals surface area contributed by atoms with Crippen molar-refractivity contribution in [1.29, 1.82) is 0 Å². The molecule has 1 saturated carbocycles. The van der Waals surface area contributed by atoms with Crippen LogP contribution < -0.4 is 5.73 Å². The lowest BCUT2D eigenvalue weighted by molar-refractivity contribution is -0.145. The van der Waals surface area contributed by atoms with Gasteiger partial charge in [0, 0.05) is 5.54 Å². The van der Waals surface area contributed by atoms with Crippen molar-refractivity contribution in [3.63, 3.8) is 0 Å². The van der Waals surface area contributed by atoms with Crippen molar-refractivity contribution in [1.82, 2.24) is 0 Å². The average Bonchev–Trinajstić information content (AvgIpc) is 2.12. The van der Waals surface area contributed by atoms with Crippen LogP contribution in [0.2, 0.25) is 0 Å². The normalized spacial score (nSPS) is 35.0. The smallest absolute Gasteiger partial charge is 0.305 e. The number of hydrogen-bond acceptors (Lipinski definition) is 2. The lowest BCUT2D eigenvalue weighted by Crippen LogP contribution is -2.65. The quantitative estimate of drug-likeness (QED) is 0.728. The molecule has 2 atom stereocenters. The van der Waals surface area contributed by atoms with Gasteiger partial charge in [0.05, 0.1) is 6.42 Å². The Labute approximate surface area is 85.7 Å². The average molecular weight is 199 g/mol. The van der Waals surface area contributed by atoms with Gasteiger partial charge in [-0.25, -0.2) is 0 Å². The lowest BCUT2D eigenvalue weighted by Gasteiger charge is -2.60. The molecule has 3 nitrogen and oxygen atoms in total. The van der Waals surface area contributed by atoms with E-state index in [4.69, 9.17) is 10.8 Å². The third-order valence-corrected chi connectivity index (χ3v) is 4.35. The fourth-order valence-corrected chi connectivity index (χ4v) is 3.05. The molecule has 0 heterocycles. The zero-order chi connectivity index (χ0) is 11.0. The Morgan fingerprint density at radius 1 is 1.50 bits per heavy atom. The van der Waals surface area contributed by atoms with Gasteiger partial charge in [0.25, 0.3) is 0 Å². The van der Waals surface area contributed by atoms with Gasteiger partial charge in [-0.1, -0.05) is 33.6 Å². The largest absolute Gasteiger partial charge is 0.481 e. The maximum atomic E-state index is 10.7. The second-order valence-electron chi connectivity index (χ2n) is 4.77. The van der Waals surface area contributed by atoms with Crippen LogP contribution in [-0.2, 0) is 4.79 Å². The van der Waals surface area contributed by atoms with Crippen molar-refractivity contribution in [2.75, 3.05) is 0 Å². The highest BCUT2D eigenvalue weighted by molar-refractivity contribution is 5.68. The minimum absolute atomic E-state index is 0.107. The van der Waals surface area contributed by atoms with Crippen LogP contribution in [-0.4, -0.2) is 16.6 Å². The summed E-state index contributed by atoms with van der Waals surface area (Å²) < 4.78 is 0. The maximum absolute atomic E-state index is 10.7. The molecule has 0 aromatic rings. The predicted molar refractivity (Wildman–Crippen MR) is 56.0 cm³/mol. The standard InChI is InChI=1S/C11H21NO2/c1-4-10(5-2)7-11(12,8(10)3)6-9(13)14/h8H,4-7,12H2,1-3H3,(H,13,14). The molecule has 3 N–H and O–H groups in total. The summed E-state index contributed by atoms with van der Waals surface area (Å²) in [4.78, 5) is 10.7. The molecule has 1 fully saturated rings. The fourth-order valence-electron chi connectivity index (χ4n) is 3.05. The topological polar surface area (TPSA) is 63.3 Å². The van der Waals surface area contributed by atoms with Crippen molar-refractivity contribution in [3.8, 4) is 0 Å². The molecule has 14 heavy (non-hydrogen) atoms. The van der Waals surface area contributed by atoms with E-state index in [1.807, 2.05) is 0 Å². The number of nitrogens with two attached hydrogens (primary N) is 1.